The van der Waals surface area contributed by atoms with Gasteiger partial charge in [-0.3, -0.25) is 4.57 Å². The van der Waals surface area contributed by atoms with Crippen molar-refractivity contribution in [1.29, 1.82) is 0 Å². The summed E-state index contributed by atoms with van der Waals surface area (Å²) in [7, 11) is 3.37. The first-order valence-corrected chi connectivity index (χ1v) is 7.77. The molecule has 0 bridgehead atoms. The first-order valence-electron chi connectivity index (χ1n) is 7.77. The summed E-state index contributed by atoms with van der Waals surface area (Å²) in [5, 5.41) is 17.9. The Bertz CT molecular complexity index is 753. The predicted molar refractivity (Wildman–Crippen MR) is 85.2 cm³/mol. The largest absolute Gasteiger partial charge is 0.393 e. The molecule has 8 heteroatoms. The highest BCUT2D eigenvalue weighted by Gasteiger charge is 2.36. The average Bonchev–Trinajstić information content (AvgIpc) is 3.00. The molecule has 0 amide bonds. The zero-order valence-electron chi connectivity index (χ0n) is 13.6. The van der Waals surface area contributed by atoms with Gasteiger partial charge in [-0.15, -0.1) is 0 Å². The maximum absolute atomic E-state index is 11.8. The van der Waals surface area contributed by atoms with Crippen LogP contribution in [-0.2, 0) is 14.1 Å². The minimum atomic E-state index is -0.410. The number of nitrogens with one attached hydrogen (secondary N) is 1. The predicted octanol–water partition coefficient (Wildman–Crippen LogP) is 0.184. The fourth-order valence-corrected chi connectivity index (χ4v) is 3.26. The monoisotopic (exact) mass is 318 g/mol. The highest BCUT2D eigenvalue weighted by molar-refractivity contribution is 5.32. The summed E-state index contributed by atoms with van der Waals surface area (Å²) >= 11 is 0. The average molecular weight is 318 g/mol. The van der Waals surface area contributed by atoms with E-state index in [1.807, 2.05) is 13.0 Å². The highest BCUT2D eigenvalue weighted by atomic mass is 16.3. The summed E-state index contributed by atoms with van der Waals surface area (Å²) in [6.07, 6.45) is 2.72. The van der Waals surface area contributed by atoms with Crippen molar-refractivity contribution in [1.82, 2.24) is 24.3 Å². The summed E-state index contributed by atoms with van der Waals surface area (Å²) < 4.78 is 2.91. The first kappa shape index (κ1) is 15.7. The normalized spacial score (nSPS) is 24.1. The van der Waals surface area contributed by atoms with Crippen LogP contribution < -0.4 is 11.0 Å². The number of aliphatic hydroxyl groups excluding tert-OH is 1. The van der Waals surface area contributed by atoms with Crippen LogP contribution in [0.5, 0.6) is 0 Å². The molecule has 3 atom stereocenters. The SMILES string of the molecule is Cc1nccc(NC[C@H]2C[C@H](c3nn(C)c(=O)n3C)C[C@H]2O)n1. The first-order chi connectivity index (χ1) is 11.0. The van der Waals surface area contributed by atoms with Gasteiger partial charge in [-0.1, -0.05) is 0 Å². The van der Waals surface area contributed by atoms with Crippen molar-refractivity contribution in [3.63, 3.8) is 0 Å². The topological polar surface area (TPSA) is 97.9 Å². The number of anilines is 1. The summed E-state index contributed by atoms with van der Waals surface area (Å²) in [5.74, 6) is 2.42. The number of nitrogens with zero attached hydrogens (tertiary/aromatic N) is 5. The van der Waals surface area contributed by atoms with Gasteiger partial charge in [0, 0.05) is 38.7 Å². The van der Waals surface area contributed by atoms with Crippen molar-refractivity contribution < 1.29 is 5.11 Å². The summed E-state index contributed by atoms with van der Waals surface area (Å²) in [4.78, 5) is 20.2. The van der Waals surface area contributed by atoms with Gasteiger partial charge in [-0.05, 0) is 25.8 Å². The number of hydrogen-bond donors (Lipinski definition) is 2. The molecule has 0 spiro atoms. The smallest absolute Gasteiger partial charge is 0.345 e. The van der Waals surface area contributed by atoms with Gasteiger partial charge in [0.2, 0.25) is 0 Å². The third kappa shape index (κ3) is 3.12. The van der Waals surface area contributed by atoms with Gasteiger partial charge in [0.25, 0.3) is 0 Å². The van der Waals surface area contributed by atoms with Gasteiger partial charge < -0.3 is 10.4 Å². The summed E-state index contributed by atoms with van der Waals surface area (Å²) in [6.45, 7) is 2.47. The van der Waals surface area contributed by atoms with Gasteiger partial charge >= 0.3 is 5.69 Å². The Labute approximate surface area is 134 Å². The lowest BCUT2D eigenvalue weighted by Gasteiger charge is -2.15. The molecule has 2 N–H and O–H groups in total. The maximum Gasteiger partial charge on any atom is 0.345 e. The molecule has 124 valence electrons. The van der Waals surface area contributed by atoms with E-state index in [0.29, 0.717) is 18.8 Å². The molecule has 23 heavy (non-hydrogen) atoms. The molecule has 1 aliphatic rings. The van der Waals surface area contributed by atoms with E-state index in [9.17, 15) is 9.90 Å². The van der Waals surface area contributed by atoms with Crippen LogP contribution in [-0.4, -0.2) is 42.1 Å². The molecule has 1 saturated carbocycles. The number of hydrogen-bond acceptors (Lipinski definition) is 6. The van der Waals surface area contributed by atoms with E-state index < -0.39 is 6.10 Å². The summed E-state index contributed by atoms with van der Waals surface area (Å²) in [6, 6.07) is 1.81. The maximum atomic E-state index is 11.8. The molecular weight excluding hydrogens is 296 g/mol. The Kier molecular flexibility index (Phi) is 4.16. The summed E-state index contributed by atoms with van der Waals surface area (Å²) in [5.41, 5.74) is -0.132. The molecule has 0 radical (unpaired) electrons. The molecule has 2 aromatic heterocycles. The van der Waals surface area contributed by atoms with Crippen molar-refractivity contribution in [3.8, 4) is 0 Å². The van der Waals surface area contributed by atoms with Crippen molar-refractivity contribution in [2.75, 3.05) is 11.9 Å². The van der Waals surface area contributed by atoms with Crippen LogP contribution in [0.4, 0.5) is 5.82 Å². The number of aliphatic hydroxyl groups is 1. The Hall–Kier alpha value is -2.22. The molecule has 2 heterocycles. The Balaban J connectivity index is 1.66. The molecule has 8 nitrogen and oxygen atoms in total. The number of rotatable bonds is 4. The minimum absolute atomic E-state index is 0.0998. The number of aryl methyl sites for hydroxylation is 2. The molecule has 0 aliphatic heterocycles. The Morgan fingerprint density at radius 2 is 2.17 bits per heavy atom. The second-order valence-corrected chi connectivity index (χ2v) is 6.19. The van der Waals surface area contributed by atoms with Gasteiger partial charge in [0.05, 0.1) is 6.10 Å². The van der Waals surface area contributed by atoms with E-state index in [1.54, 1.807) is 24.9 Å². The lowest BCUT2D eigenvalue weighted by Crippen LogP contribution is -2.22. The fourth-order valence-electron chi connectivity index (χ4n) is 3.26. The van der Waals surface area contributed by atoms with Crippen LogP contribution in [0.2, 0.25) is 0 Å². The van der Waals surface area contributed by atoms with Gasteiger partial charge in [0.1, 0.15) is 17.5 Å². The van der Waals surface area contributed by atoms with E-state index in [2.05, 4.69) is 20.4 Å². The Morgan fingerprint density at radius 3 is 2.83 bits per heavy atom. The van der Waals surface area contributed by atoms with Gasteiger partial charge in [0.15, 0.2) is 0 Å². The molecule has 1 fully saturated rings. The molecule has 3 rings (SSSR count). The van der Waals surface area contributed by atoms with E-state index in [4.69, 9.17) is 0 Å². The molecule has 0 aromatic carbocycles. The molecule has 0 unspecified atom stereocenters. The minimum Gasteiger partial charge on any atom is -0.393 e. The molecular formula is C15H22N6O2. The standard InChI is InChI=1S/C15H22N6O2/c1-9-16-5-4-13(18-9)17-8-11-6-10(7-12(11)22)14-19-21(3)15(23)20(14)2/h4-5,10-12,22H,6-8H2,1-3H3,(H,16,17,18)/t10-,11+,12+/m0/s1. The van der Waals surface area contributed by atoms with Crippen LogP contribution in [0.15, 0.2) is 17.1 Å². The highest BCUT2D eigenvalue weighted by Crippen LogP contribution is 2.37. The zero-order chi connectivity index (χ0) is 16.6. The molecule has 2 aromatic rings. The Morgan fingerprint density at radius 1 is 1.39 bits per heavy atom. The molecule has 0 saturated heterocycles. The lowest BCUT2D eigenvalue weighted by atomic mass is 10.0. The zero-order valence-corrected chi connectivity index (χ0v) is 13.6. The van der Waals surface area contributed by atoms with Crippen molar-refractivity contribution >= 4 is 5.82 Å². The number of aromatic nitrogens is 5. The van der Waals surface area contributed by atoms with Crippen LogP contribution >= 0.6 is 0 Å². The van der Waals surface area contributed by atoms with E-state index in [0.717, 1.165) is 18.1 Å². The van der Waals surface area contributed by atoms with Crippen LogP contribution in [0.25, 0.3) is 0 Å². The molecule has 1 aliphatic carbocycles. The second kappa shape index (κ2) is 6.11. The van der Waals surface area contributed by atoms with E-state index in [1.165, 1.54) is 4.68 Å². The van der Waals surface area contributed by atoms with Gasteiger partial charge in [-0.25, -0.2) is 19.4 Å². The van der Waals surface area contributed by atoms with E-state index in [-0.39, 0.29) is 17.5 Å². The van der Waals surface area contributed by atoms with Crippen LogP contribution in [0.3, 0.4) is 0 Å². The van der Waals surface area contributed by atoms with Crippen molar-refractivity contribution in [2.24, 2.45) is 20.0 Å². The van der Waals surface area contributed by atoms with Crippen LogP contribution in [0.1, 0.15) is 30.4 Å². The second-order valence-electron chi connectivity index (χ2n) is 6.19. The van der Waals surface area contributed by atoms with Crippen LogP contribution in [0, 0.1) is 12.8 Å². The van der Waals surface area contributed by atoms with Gasteiger partial charge in [-0.2, -0.15) is 5.10 Å². The lowest BCUT2D eigenvalue weighted by molar-refractivity contribution is 0.137. The van der Waals surface area contributed by atoms with E-state index >= 15 is 0 Å². The third-order valence-corrected chi connectivity index (χ3v) is 4.50. The quantitative estimate of drug-likeness (QED) is 0.835. The van der Waals surface area contributed by atoms with Crippen molar-refractivity contribution in [2.45, 2.75) is 31.8 Å². The third-order valence-electron chi connectivity index (χ3n) is 4.50. The fraction of sp³-hybridized carbons (Fsp3) is 0.600. The van der Waals surface area contributed by atoms with Crippen molar-refractivity contribution in [3.05, 3.63) is 34.4 Å².